The van der Waals surface area contributed by atoms with Gasteiger partial charge in [-0.2, -0.15) is 0 Å². The van der Waals surface area contributed by atoms with Crippen molar-refractivity contribution in [2.45, 2.75) is 20.4 Å². The van der Waals surface area contributed by atoms with Gasteiger partial charge >= 0.3 is 0 Å². The Hall–Kier alpha value is -2.63. The first-order chi connectivity index (χ1) is 13.0. The highest BCUT2D eigenvalue weighted by molar-refractivity contribution is 8.11. The van der Waals surface area contributed by atoms with E-state index in [9.17, 15) is 0 Å². The van der Waals surface area contributed by atoms with Gasteiger partial charge in [-0.15, -0.1) is 0 Å². The molecule has 0 amide bonds. The van der Waals surface area contributed by atoms with Gasteiger partial charge in [-0.05, 0) is 62.0 Å². The minimum Gasteiger partial charge on any atom is -0.404 e. The van der Waals surface area contributed by atoms with Gasteiger partial charge < -0.3 is 22.1 Å². The maximum atomic E-state index is 6.29. The topological polar surface area (TPSA) is 76.1 Å². The first-order valence-electron chi connectivity index (χ1n) is 8.81. The van der Waals surface area contributed by atoms with Crippen LogP contribution in [0.4, 0.5) is 11.4 Å². The summed E-state index contributed by atoms with van der Waals surface area (Å²) < 4.78 is 0. The molecule has 0 aliphatic heterocycles. The van der Waals surface area contributed by atoms with Crippen LogP contribution in [0, 0.1) is 0 Å². The van der Waals surface area contributed by atoms with Gasteiger partial charge in [0.25, 0.3) is 0 Å². The highest BCUT2D eigenvalue weighted by Crippen LogP contribution is 2.39. The van der Waals surface area contributed by atoms with Crippen LogP contribution in [0.3, 0.4) is 0 Å². The van der Waals surface area contributed by atoms with Gasteiger partial charge in [-0.25, -0.2) is 0 Å². The molecule has 0 aliphatic rings. The molecule has 0 fully saturated rings. The van der Waals surface area contributed by atoms with Crippen molar-refractivity contribution in [2.75, 3.05) is 18.1 Å². The highest BCUT2D eigenvalue weighted by Gasteiger charge is 2.14. The van der Waals surface area contributed by atoms with E-state index in [1.54, 1.807) is 18.0 Å². The number of anilines is 2. The third kappa shape index (κ3) is 5.42. The Morgan fingerprint density at radius 2 is 1.96 bits per heavy atom. The van der Waals surface area contributed by atoms with Crippen LogP contribution in [0.5, 0.6) is 0 Å². The zero-order valence-corrected chi connectivity index (χ0v) is 17.0. The molecular weight excluding hydrogens is 352 g/mol. The lowest BCUT2D eigenvalue weighted by Crippen LogP contribution is -2.05. The molecule has 0 saturated heterocycles. The number of allylic oxidation sites excluding steroid dienone is 2. The molecule has 0 unspecified atom stereocenters. The first kappa shape index (κ1) is 20.7. The average molecular weight is 381 g/mol. The molecule has 0 radical (unpaired) electrons. The molecule has 2 rings (SSSR count). The van der Waals surface area contributed by atoms with Crippen molar-refractivity contribution in [1.82, 2.24) is 5.32 Å². The molecule has 0 aliphatic carbocycles. The van der Waals surface area contributed by atoms with Crippen molar-refractivity contribution < 1.29 is 0 Å². The predicted molar refractivity (Wildman–Crippen MR) is 122 cm³/mol. The van der Waals surface area contributed by atoms with Crippen LogP contribution in [0.25, 0.3) is 10.5 Å². The Morgan fingerprint density at radius 1 is 1.22 bits per heavy atom. The third-order valence-electron chi connectivity index (χ3n) is 4.10. The SMILES string of the molecule is C=C(Nc1cccc(CNC)c1)S/C(=C\C)c1c(N)cccc1/C(C)=C/N. The maximum absolute atomic E-state index is 6.29. The van der Waals surface area contributed by atoms with Crippen molar-refractivity contribution in [3.8, 4) is 0 Å². The monoisotopic (exact) mass is 380 g/mol. The van der Waals surface area contributed by atoms with Gasteiger partial charge in [-0.1, -0.05) is 48.7 Å². The zero-order valence-electron chi connectivity index (χ0n) is 16.2. The predicted octanol–water partition coefficient (Wildman–Crippen LogP) is 4.99. The Morgan fingerprint density at radius 3 is 2.63 bits per heavy atom. The van der Waals surface area contributed by atoms with E-state index in [0.29, 0.717) is 0 Å². The third-order valence-corrected chi connectivity index (χ3v) is 5.11. The molecule has 6 N–H and O–H groups in total. The molecule has 4 nitrogen and oxygen atoms in total. The summed E-state index contributed by atoms with van der Waals surface area (Å²) in [6.07, 6.45) is 3.66. The Bertz CT molecular complexity index is 868. The lowest BCUT2D eigenvalue weighted by atomic mass is 9.99. The van der Waals surface area contributed by atoms with E-state index in [0.717, 1.165) is 44.6 Å². The summed E-state index contributed by atoms with van der Waals surface area (Å²) in [5.41, 5.74) is 18.0. The highest BCUT2D eigenvalue weighted by atomic mass is 32.2. The normalized spacial score (nSPS) is 12.1. The van der Waals surface area contributed by atoms with Gasteiger partial charge in [0.2, 0.25) is 0 Å². The van der Waals surface area contributed by atoms with Gasteiger partial charge in [0, 0.05) is 28.4 Å². The fourth-order valence-corrected chi connectivity index (χ4v) is 3.68. The van der Waals surface area contributed by atoms with Crippen molar-refractivity contribution in [3.63, 3.8) is 0 Å². The lowest BCUT2D eigenvalue weighted by Gasteiger charge is -2.17. The lowest BCUT2D eigenvalue weighted by molar-refractivity contribution is 0.818. The Balaban J connectivity index is 2.23. The number of benzene rings is 2. The van der Waals surface area contributed by atoms with Gasteiger partial charge in [0.1, 0.15) is 0 Å². The smallest absolute Gasteiger partial charge is 0.0700 e. The number of hydrogen-bond acceptors (Lipinski definition) is 5. The molecular formula is C22H28N4S. The molecule has 0 bridgehead atoms. The number of nitrogens with two attached hydrogens (primary N) is 2. The van der Waals surface area contributed by atoms with Crippen LogP contribution in [0.1, 0.15) is 30.5 Å². The number of nitrogen functional groups attached to an aromatic ring is 1. The summed E-state index contributed by atoms with van der Waals surface area (Å²) in [7, 11) is 1.94. The quantitative estimate of drug-likeness (QED) is 0.486. The van der Waals surface area contributed by atoms with E-state index < -0.39 is 0 Å². The van der Waals surface area contributed by atoms with Crippen LogP contribution in [-0.4, -0.2) is 7.05 Å². The van der Waals surface area contributed by atoms with E-state index >= 15 is 0 Å². The van der Waals surface area contributed by atoms with Crippen LogP contribution in [-0.2, 0) is 6.54 Å². The van der Waals surface area contributed by atoms with Crippen LogP contribution >= 0.6 is 11.8 Å². The second-order valence-electron chi connectivity index (χ2n) is 6.15. The average Bonchev–Trinajstić information content (AvgIpc) is 2.66. The molecule has 27 heavy (non-hydrogen) atoms. The van der Waals surface area contributed by atoms with Gasteiger partial charge in [-0.3, -0.25) is 0 Å². The molecule has 0 aromatic heterocycles. The molecule has 142 valence electrons. The molecule has 0 atom stereocenters. The standard InChI is InChI=1S/C22H28N4S/c1-5-21(22-19(15(2)13-23)10-7-11-20(22)24)27-16(3)26-18-9-6-8-17(12-18)14-25-4/h5-13,25-26H,3,14,23-24H2,1-2,4H3/b15-13+,21-5-. The fourth-order valence-electron chi connectivity index (χ4n) is 2.80. The van der Waals surface area contributed by atoms with Crippen molar-refractivity contribution >= 4 is 33.6 Å². The summed E-state index contributed by atoms with van der Waals surface area (Å²) in [6.45, 7) is 8.99. The second kappa shape index (κ2) is 9.90. The van der Waals surface area contributed by atoms with E-state index in [1.165, 1.54) is 5.56 Å². The van der Waals surface area contributed by atoms with Crippen molar-refractivity contribution in [2.24, 2.45) is 5.73 Å². The van der Waals surface area contributed by atoms with Crippen molar-refractivity contribution in [1.29, 1.82) is 0 Å². The largest absolute Gasteiger partial charge is 0.404 e. The minimum absolute atomic E-state index is 0.720. The summed E-state index contributed by atoms with van der Waals surface area (Å²) in [6, 6.07) is 14.2. The second-order valence-corrected chi connectivity index (χ2v) is 7.29. The molecule has 2 aromatic carbocycles. The summed E-state index contributed by atoms with van der Waals surface area (Å²) in [5, 5.41) is 7.37. The number of nitrogens with one attached hydrogen (secondary N) is 2. The van der Waals surface area contributed by atoms with E-state index in [-0.39, 0.29) is 0 Å². The number of hydrogen-bond donors (Lipinski definition) is 4. The van der Waals surface area contributed by atoms with Crippen LogP contribution in [0.2, 0.25) is 0 Å². The Labute approximate surface area is 166 Å². The fraction of sp³-hybridized carbons (Fsp3) is 0.182. The van der Waals surface area contributed by atoms with Gasteiger partial charge in [0.15, 0.2) is 0 Å². The Kier molecular flexibility index (Phi) is 7.58. The minimum atomic E-state index is 0.720. The van der Waals surface area contributed by atoms with Crippen LogP contribution in [0.15, 0.2) is 66.3 Å². The number of thioether (sulfide) groups is 1. The number of rotatable bonds is 8. The molecule has 0 heterocycles. The molecule has 0 saturated carbocycles. The maximum Gasteiger partial charge on any atom is 0.0700 e. The van der Waals surface area contributed by atoms with E-state index in [2.05, 4.69) is 29.3 Å². The molecule has 0 spiro atoms. The summed E-state index contributed by atoms with van der Waals surface area (Å²) >= 11 is 1.56. The van der Waals surface area contributed by atoms with Crippen LogP contribution < -0.4 is 22.1 Å². The van der Waals surface area contributed by atoms with E-state index in [1.807, 2.05) is 57.3 Å². The molecule has 5 heteroatoms. The summed E-state index contributed by atoms with van der Waals surface area (Å²) in [5.74, 6) is 0. The van der Waals surface area contributed by atoms with Gasteiger partial charge in [0.05, 0.1) is 5.03 Å². The zero-order chi connectivity index (χ0) is 19.8. The first-order valence-corrected chi connectivity index (χ1v) is 9.63. The molecule has 2 aromatic rings. The van der Waals surface area contributed by atoms with E-state index in [4.69, 9.17) is 11.5 Å². The summed E-state index contributed by atoms with van der Waals surface area (Å²) in [4.78, 5) is 1.04. The van der Waals surface area contributed by atoms with Crippen molar-refractivity contribution in [3.05, 3.63) is 83.0 Å².